The van der Waals surface area contributed by atoms with Crippen LogP contribution in [0.25, 0.3) is 10.8 Å². The summed E-state index contributed by atoms with van der Waals surface area (Å²) in [6, 6.07) is 3.56. The Labute approximate surface area is 126 Å². The van der Waals surface area contributed by atoms with Gasteiger partial charge in [-0.05, 0) is 25.5 Å². The van der Waals surface area contributed by atoms with Gasteiger partial charge in [0.25, 0.3) is 5.91 Å². The van der Waals surface area contributed by atoms with Crippen LogP contribution in [0.1, 0.15) is 28.7 Å². The van der Waals surface area contributed by atoms with E-state index in [9.17, 15) is 9.59 Å². The minimum Gasteiger partial charge on any atom is -0.462 e. The van der Waals surface area contributed by atoms with Crippen molar-refractivity contribution < 1.29 is 14.0 Å². The number of carbonyl (C=O) groups is 2. The molecule has 2 rings (SSSR count). The van der Waals surface area contributed by atoms with Crippen molar-refractivity contribution in [3.05, 3.63) is 29.0 Å². The van der Waals surface area contributed by atoms with E-state index >= 15 is 0 Å². The lowest BCUT2D eigenvalue weighted by Gasteiger charge is -2.04. The van der Waals surface area contributed by atoms with Crippen LogP contribution in [0.3, 0.4) is 0 Å². The predicted octanol–water partition coefficient (Wildman–Crippen LogP) is 1.97. The van der Waals surface area contributed by atoms with Gasteiger partial charge in [0, 0.05) is 11.4 Å². The molecule has 2 aromatic rings. The SMILES string of the molecule is CCCNC(=O)CNC(=O)c1nc(-c2ccco2)sc1C. The van der Waals surface area contributed by atoms with Gasteiger partial charge in [-0.25, -0.2) is 4.98 Å². The molecule has 0 saturated heterocycles. The van der Waals surface area contributed by atoms with E-state index in [1.807, 2.05) is 13.8 Å². The number of hydrogen-bond acceptors (Lipinski definition) is 5. The second-order valence-electron chi connectivity index (χ2n) is 4.43. The van der Waals surface area contributed by atoms with Crippen LogP contribution in [0.15, 0.2) is 22.8 Å². The summed E-state index contributed by atoms with van der Waals surface area (Å²) in [5.74, 6) is 0.0698. The largest absolute Gasteiger partial charge is 0.462 e. The van der Waals surface area contributed by atoms with Crippen molar-refractivity contribution in [1.29, 1.82) is 0 Å². The lowest BCUT2D eigenvalue weighted by molar-refractivity contribution is -0.120. The number of furan rings is 1. The summed E-state index contributed by atoms with van der Waals surface area (Å²) >= 11 is 1.38. The van der Waals surface area contributed by atoms with Crippen LogP contribution < -0.4 is 10.6 Å². The second-order valence-corrected chi connectivity index (χ2v) is 5.64. The molecule has 112 valence electrons. The van der Waals surface area contributed by atoms with E-state index in [0.29, 0.717) is 23.0 Å². The van der Waals surface area contributed by atoms with Gasteiger partial charge >= 0.3 is 0 Å². The summed E-state index contributed by atoms with van der Waals surface area (Å²) < 4.78 is 5.26. The van der Waals surface area contributed by atoms with Gasteiger partial charge in [0.05, 0.1) is 12.8 Å². The molecule has 0 fully saturated rings. The average molecular weight is 307 g/mol. The smallest absolute Gasteiger partial charge is 0.271 e. The molecule has 7 heteroatoms. The molecule has 2 aromatic heterocycles. The maximum atomic E-state index is 12.0. The highest BCUT2D eigenvalue weighted by molar-refractivity contribution is 7.15. The molecule has 0 aromatic carbocycles. The molecule has 6 nitrogen and oxygen atoms in total. The van der Waals surface area contributed by atoms with Gasteiger partial charge in [0.15, 0.2) is 10.8 Å². The van der Waals surface area contributed by atoms with Crippen LogP contribution >= 0.6 is 11.3 Å². The maximum absolute atomic E-state index is 12.0. The van der Waals surface area contributed by atoms with Crippen molar-refractivity contribution in [2.45, 2.75) is 20.3 Å². The molecular weight excluding hydrogens is 290 g/mol. The number of aryl methyl sites for hydroxylation is 1. The van der Waals surface area contributed by atoms with E-state index in [1.165, 1.54) is 11.3 Å². The first-order valence-corrected chi connectivity index (χ1v) is 7.49. The van der Waals surface area contributed by atoms with E-state index in [1.54, 1.807) is 18.4 Å². The molecule has 21 heavy (non-hydrogen) atoms. The standard InChI is InChI=1S/C14H17N3O3S/c1-3-6-15-11(18)8-16-13(19)12-9(2)21-14(17-12)10-5-4-7-20-10/h4-5,7H,3,6,8H2,1-2H3,(H,15,18)(H,16,19). The van der Waals surface area contributed by atoms with Gasteiger partial charge in [-0.1, -0.05) is 6.92 Å². The molecule has 0 saturated carbocycles. The Morgan fingerprint density at radius 3 is 2.86 bits per heavy atom. The first-order valence-electron chi connectivity index (χ1n) is 6.68. The third-order valence-corrected chi connectivity index (χ3v) is 3.71. The molecule has 0 aliphatic carbocycles. The molecule has 0 aliphatic rings. The van der Waals surface area contributed by atoms with E-state index in [-0.39, 0.29) is 18.4 Å². The van der Waals surface area contributed by atoms with Gasteiger partial charge in [0.2, 0.25) is 5.91 Å². The molecule has 0 unspecified atom stereocenters. The van der Waals surface area contributed by atoms with E-state index < -0.39 is 0 Å². The molecule has 0 aliphatic heterocycles. The zero-order chi connectivity index (χ0) is 15.2. The number of hydrogen-bond donors (Lipinski definition) is 2. The van der Waals surface area contributed by atoms with Crippen LogP contribution in [0.2, 0.25) is 0 Å². The zero-order valence-electron chi connectivity index (χ0n) is 11.9. The fourth-order valence-electron chi connectivity index (χ4n) is 1.68. The van der Waals surface area contributed by atoms with E-state index in [4.69, 9.17) is 4.42 Å². The van der Waals surface area contributed by atoms with Crippen LogP contribution in [-0.2, 0) is 4.79 Å². The number of nitrogens with one attached hydrogen (secondary N) is 2. The number of carbonyl (C=O) groups excluding carboxylic acids is 2. The molecule has 2 amide bonds. The Balaban J connectivity index is 1.98. The van der Waals surface area contributed by atoms with Crippen LogP contribution in [-0.4, -0.2) is 29.9 Å². The molecular formula is C14H17N3O3S. The number of aromatic nitrogens is 1. The minimum atomic E-state index is -0.354. The Kier molecular flexibility index (Phi) is 5.10. The van der Waals surface area contributed by atoms with Gasteiger partial charge in [-0.3, -0.25) is 9.59 Å². The van der Waals surface area contributed by atoms with Gasteiger partial charge in [-0.2, -0.15) is 0 Å². The lowest BCUT2D eigenvalue weighted by Crippen LogP contribution is -2.37. The quantitative estimate of drug-likeness (QED) is 0.854. The maximum Gasteiger partial charge on any atom is 0.271 e. The van der Waals surface area contributed by atoms with Crippen molar-refractivity contribution >= 4 is 23.2 Å². The molecule has 0 atom stereocenters. The summed E-state index contributed by atoms with van der Waals surface area (Å²) in [4.78, 5) is 28.6. The zero-order valence-corrected chi connectivity index (χ0v) is 12.8. The number of rotatable bonds is 6. The first kappa shape index (κ1) is 15.2. The topological polar surface area (TPSA) is 84.2 Å². The van der Waals surface area contributed by atoms with Crippen LogP contribution in [0.5, 0.6) is 0 Å². The average Bonchev–Trinajstić information content (AvgIpc) is 3.11. The number of amides is 2. The van der Waals surface area contributed by atoms with Crippen molar-refractivity contribution in [1.82, 2.24) is 15.6 Å². The van der Waals surface area contributed by atoms with Crippen LogP contribution in [0.4, 0.5) is 0 Å². The predicted molar refractivity (Wildman–Crippen MR) is 80.2 cm³/mol. The number of thiazole rings is 1. The van der Waals surface area contributed by atoms with Gasteiger partial charge in [-0.15, -0.1) is 11.3 Å². The normalized spacial score (nSPS) is 10.4. The van der Waals surface area contributed by atoms with E-state index in [2.05, 4.69) is 15.6 Å². The van der Waals surface area contributed by atoms with Crippen molar-refractivity contribution in [2.75, 3.05) is 13.1 Å². The summed E-state index contributed by atoms with van der Waals surface area (Å²) in [5, 5.41) is 5.92. The first-order chi connectivity index (χ1) is 10.1. The summed E-state index contributed by atoms with van der Waals surface area (Å²) in [6.07, 6.45) is 2.42. The molecule has 0 radical (unpaired) electrons. The Bertz CT molecular complexity index is 619. The minimum absolute atomic E-state index is 0.0497. The molecule has 0 bridgehead atoms. The molecule has 2 N–H and O–H groups in total. The summed E-state index contributed by atoms with van der Waals surface area (Å²) in [7, 11) is 0. The fraction of sp³-hybridized carbons (Fsp3) is 0.357. The number of nitrogens with zero attached hydrogens (tertiary/aromatic N) is 1. The Morgan fingerprint density at radius 2 is 2.19 bits per heavy atom. The summed E-state index contributed by atoms with van der Waals surface area (Å²) in [6.45, 7) is 4.34. The van der Waals surface area contributed by atoms with Crippen molar-refractivity contribution in [3.63, 3.8) is 0 Å². The third-order valence-electron chi connectivity index (χ3n) is 2.73. The van der Waals surface area contributed by atoms with Crippen LogP contribution in [0, 0.1) is 6.92 Å². The lowest BCUT2D eigenvalue weighted by atomic mass is 10.3. The fourth-order valence-corrected chi connectivity index (χ4v) is 2.56. The highest BCUT2D eigenvalue weighted by atomic mass is 32.1. The molecule has 0 spiro atoms. The highest BCUT2D eigenvalue weighted by Gasteiger charge is 2.17. The van der Waals surface area contributed by atoms with Gasteiger partial charge in [0.1, 0.15) is 5.69 Å². The molecule has 2 heterocycles. The van der Waals surface area contributed by atoms with Crippen molar-refractivity contribution in [2.24, 2.45) is 0 Å². The summed E-state index contributed by atoms with van der Waals surface area (Å²) in [5.41, 5.74) is 0.328. The Morgan fingerprint density at radius 1 is 1.38 bits per heavy atom. The highest BCUT2D eigenvalue weighted by Crippen LogP contribution is 2.27. The monoisotopic (exact) mass is 307 g/mol. The second kappa shape index (κ2) is 7.03. The third kappa shape index (κ3) is 3.91. The van der Waals surface area contributed by atoms with Crippen molar-refractivity contribution in [3.8, 4) is 10.8 Å². The Hall–Kier alpha value is -2.15. The van der Waals surface area contributed by atoms with Gasteiger partial charge < -0.3 is 15.1 Å². The van der Waals surface area contributed by atoms with E-state index in [0.717, 1.165) is 11.3 Å².